The normalized spacial score (nSPS) is 18.0. The number of carbonyl (C=O) groups excluding carboxylic acids is 1. The first-order valence-electron chi connectivity index (χ1n) is 7.79. The molecule has 5 nitrogen and oxygen atoms in total. The SMILES string of the molecule is CNC1CCN(C(=O)CC(C)S(=O)(=O)c2ccc(F)cc2)CC1. The van der Waals surface area contributed by atoms with Crippen LogP contribution in [0.15, 0.2) is 29.2 Å². The molecule has 0 radical (unpaired) electrons. The summed E-state index contributed by atoms with van der Waals surface area (Å²) in [6, 6.07) is 5.13. The Balaban J connectivity index is 1.99. The zero-order valence-electron chi connectivity index (χ0n) is 13.5. The molecule has 1 aliphatic rings. The molecule has 0 saturated carbocycles. The maximum atomic E-state index is 12.9. The van der Waals surface area contributed by atoms with Gasteiger partial charge in [0.1, 0.15) is 5.82 Å². The quantitative estimate of drug-likeness (QED) is 0.825. The number of hydrogen-bond acceptors (Lipinski definition) is 4. The van der Waals surface area contributed by atoms with E-state index < -0.39 is 20.9 Å². The Labute approximate surface area is 136 Å². The van der Waals surface area contributed by atoms with Gasteiger partial charge in [0.25, 0.3) is 0 Å². The molecule has 128 valence electrons. The lowest BCUT2D eigenvalue weighted by Gasteiger charge is -2.32. The maximum absolute atomic E-state index is 12.9. The summed E-state index contributed by atoms with van der Waals surface area (Å²) in [5, 5.41) is 2.36. The lowest BCUT2D eigenvalue weighted by atomic mass is 10.0. The van der Waals surface area contributed by atoms with Crippen molar-refractivity contribution in [3.8, 4) is 0 Å². The van der Waals surface area contributed by atoms with Gasteiger partial charge in [-0.05, 0) is 51.1 Å². The van der Waals surface area contributed by atoms with E-state index in [4.69, 9.17) is 0 Å². The highest BCUT2D eigenvalue weighted by Gasteiger charge is 2.29. The smallest absolute Gasteiger partial charge is 0.223 e. The number of sulfone groups is 1. The number of nitrogens with one attached hydrogen (secondary N) is 1. The van der Waals surface area contributed by atoms with Gasteiger partial charge in [-0.3, -0.25) is 4.79 Å². The van der Waals surface area contributed by atoms with E-state index in [0.717, 1.165) is 25.0 Å². The molecular weight excluding hydrogens is 319 g/mol. The van der Waals surface area contributed by atoms with Crippen molar-refractivity contribution in [3.63, 3.8) is 0 Å². The van der Waals surface area contributed by atoms with Crippen molar-refractivity contribution >= 4 is 15.7 Å². The average Bonchev–Trinajstić information content (AvgIpc) is 2.55. The maximum Gasteiger partial charge on any atom is 0.223 e. The second-order valence-corrected chi connectivity index (χ2v) is 8.32. The van der Waals surface area contributed by atoms with Crippen LogP contribution in [-0.4, -0.2) is 50.7 Å². The van der Waals surface area contributed by atoms with E-state index in [1.165, 1.54) is 19.1 Å². The zero-order chi connectivity index (χ0) is 17.0. The number of hydrogen-bond donors (Lipinski definition) is 1. The Morgan fingerprint density at radius 2 is 1.87 bits per heavy atom. The van der Waals surface area contributed by atoms with Gasteiger partial charge in [0.05, 0.1) is 10.1 Å². The molecule has 0 aliphatic carbocycles. The van der Waals surface area contributed by atoms with Crippen LogP contribution in [0, 0.1) is 5.82 Å². The molecule has 1 fully saturated rings. The Morgan fingerprint density at radius 1 is 1.30 bits per heavy atom. The van der Waals surface area contributed by atoms with Gasteiger partial charge in [0.2, 0.25) is 5.91 Å². The Hall–Kier alpha value is -1.47. The van der Waals surface area contributed by atoms with Gasteiger partial charge in [-0.15, -0.1) is 0 Å². The van der Waals surface area contributed by atoms with Crippen LogP contribution in [0.4, 0.5) is 4.39 Å². The summed E-state index contributed by atoms with van der Waals surface area (Å²) in [5.74, 6) is -0.627. The molecule has 7 heteroatoms. The van der Waals surface area contributed by atoms with Crippen molar-refractivity contribution in [2.75, 3.05) is 20.1 Å². The van der Waals surface area contributed by atoms with Crippen LogP contribution in [0.25, 0.3) is 0 Å². The summed E-state index contributed by atoms with van der Waals surface area (Å²) >= 11 is 0. The van der Waals surface area contributed by atoms with E-state index in [9.17, 15) is 17.6 Å². The standard InChI is InChI=1S/C16H23FN2O3S/c1-12(23(21,22)15-5-3-13(17)4-6-15)11-16(20)19-9-7-14(18-2)8-10-19/h3-6,12,14,18H,7-11H2,1-2H3. The highest BCUT2D eigenvalue weighted by atomic mass is 32.2. The number of halogens is 1. The van der Waals surface area contributed by atoms with Gasteiger partial charge in [-0.25, -0.2) is 12.8 Å². The van der Waals surface area contributed by atoms with Gasteiger partial charge < -0.3 is 10.2 Å². The molecule has 1 amide bonds. The van der Waals surface area contributed by atoms with E-state index >= 15 is 0 Å². The predicted molar refractivity (Wildman–Crippen MR) is 86.3 cm³/mol. The minimum absolute atomic E-state index is 0.0492. The molecule has 1 heterocycles. The van der Waals surface area contributed by atoms with E-state index in [1.807, 2.05) is 7.05 Å². The van der Waals surface area contributed by atoms with Crippen molar-refractivity contribution in [3.05, 3.63) is 30.1 Å². The predicted octanol–water partition coefficient (Wildman–Crippen LogP) is 1.59. The third-order valence-corrected chi connectivity index (χ3v) is 6.55. The topological polar surface area (TPSA) is 66.5 Å². The Bertz CT molecular complexity index is 638. The number of nitrogens with zero attached hydrogens (tertiary/aromatic N) is 1. The van der Waals surface area contributed by atoms with Crippen LogP contribution >= 0.6 is 0 Å². The van der Waals surface area contributed by atoms with Crippen molar-refractivity contribution < 1.29 is 17.6 Å². The molecule has 1 unspecified atom stereocenters. The van der Waals surface area contributed by atoms with Crippen LogP contribution < -0.4 is 5.32 Å². The number of carbonyl (C=O) groups is 1. The number of likely N-dealkylation sites (tertiary alicyclic amines) is 1. The van der Waals surface area contributed by atoms with Gasteiger partial charge in [0.15, 0.2) is 9.84 Å². The van der Waals surface area contributed by atoms with Crippen molar-refractivity contribution in [1.82, 2.24) is 10.2 Å². The second-order valence-electron chi connectivity index (χ2n) is 5.96. The number of rotatable bonds is 5. The minimum atomic E-state index is -3.63. The van der Waals surface area contributed by atoms with E-state index in [0.29, 0.717) is 19.1 Å². The van der Waals surface area contributed by atoms with Crippen LogP contribution in [0.2, 0.25) is 0 Å². The third kappa shape index (κ3) is 4.29. The van der Waals surface area contributed by atoms with E-state index in [2.05, 4.69) is 5.32 Å². The Morgan fingerprint density at radius 3 is 2.39 bits per heavy atom. The largest absolute Gasteiger partial charge is 0.343 e. The average molecular weight is 342 g/mol. The van der Waals surface area contributed by atoms with Crippen molar-refractivity contribution in [1.29, 1.82) is 0 Å². The zero-order valence-corrected chi connectivity index (χ0v) is 14.3. The van der Waals surface area contributed by atoms with Crippen molar-refractivity contribution in [2.45, 2.75) is 42.4 Å². The fourth-order valence-corrected chi connectivity index (χ4v) is 4.10. The van der Waals surface area contributed by atoms with Gasteiger partial charge in [-0.2, -0.15) is 0 Å². The molecule has 0 bridgehead atoms. The summed E-state index contributed by atoms with van der Waals surface area (Å²) in [5.41, 5.74) is 0. The lowest BCUT2D eigenvalue weighted by Crippen LogP contribution is -2.45. The van der Waals surface area contributed by atoms with E-state index in [-0.39, 0.29) is 17.2 Å². The van der Waals surface area contributed by atoms with Gasteiger partial charge in [-0.1, -0.05) is 0 Å². The summed E-state index contributed by atoms with van der Waals surface area (Å²) in [6.07, 6.45) is 1.70. The molecule has 23 heavy (non-hydrogen) atoms. The van der Waals surface area contributed by atoms with E-state index in [1.54, 1.807) is 4.90 Å². The highest BCUT2D eigenvalue weighted by Crippen LogP contribution is 2.20. The fourth-order valence-electron chi connectivity index (χ4n) is 2.76. The van der Waals surface area contributed by atoms with Gasteiger partial charge in [0, 0.05) is 25.6 Å². The molecule has 2 rings (SSSR count). The monoisotopic (exact) mass is 342 g/mol. The second kappa shape index (κ2) is 7.40. The number of piperidine rings is 1. The highest BCUT2D eigenvalue weighted by molar-refractivity contribution is 7.92. The lowest BCUT2D eigenvalue weighted by molar-refractivity contribution is -0.132. The van der Waals surface area contributed by atoms with Crippen molar-refractivity contribution in [2.24, 2.45) is 0 Å². The first-order chi connectivity index (χ1) is 10.8. The first kappa shape index (κ1) is 17.9. The number of amides is 1. The Kier molecular flexibility index (Phi) is 5.75. The van der Waals surface area contributed by atoms with Crippen LogP contribution in [0.1, 0.15) is 26.2 Å². The molecule has 1 atom stereocenters. The fraction of sp³-hybridized carbons (Fsp3) is 0.562. The van der Waals surface area contributed by atoms with Crippen LogP contribution in [-0.2, 0) is 14.6 Å². The molecule has 1 saturated heterocycles. The molecule has 0 spiro atoms. The third-order valence-electron chi connectivity index (χ3n) is 4.39. The summed E-state index contributed by atoms with van der Waals surface area (Å²) in [6.45, 7) is 2.82. The number of benzene rings is 1. The summed E-state index contributed by atoms with van der Waals surface area (Å²) in [4.78, 5) is 14.1. The molecular formula is C16H23FN2O3S. The minimum Gasteiger partial charge on any atom is -0.343 e. The summed E-state index contributed by atoms with van der Waals surface area (Å²) < 4.78 is 37.8. The van der Waals surface area contributed by atoms with Crippen LogP contribution in [0.5, 0.6) is 0 Å². The molecule has 1 aromatic rings. The molecule has 0 aromatic heterocycles. The first-order valence-corrected chi connectivity index (χ1v) is 9.33. The molecule has 1 N–H and O–H groups in total. The molecule has 1 aliphatic heterocycles. The van der Waals surface area contributed by atoms with Gasteiger partial charge >= 0.3 is 0 Å². The molecule has 1 aromatic carbocycles. The summed E-state index contributed by atoms with van der Waals surface area (Å²) in [7, 11) is -1.73. The van der Waals surface area contributed by atoms with Crippen LogP contribution in [0.3, 0.4) is 0 Å².